The standard InChI is InChI=1S/C22H26N4O2/c1-15-4-5-19-18(12-15)20(16(2)17(3)24-19)21(27)26-9-6-22(28,7-10-26)13-25-11-8-23-14-25/h4-5,8,11-12,14,28H,6-7,9-10,13H2,1-3H3. The van der Waals surface area contributed by atoms with Crippen molar-refractivity contribution in [2.75, 3.05) is 13.1 Å². The van der Waals surface area contributed by atoms with Crippen LogP contribution in [0.1, 0.15) is 40.0 Å². The number of likely N-dealkylation sites (tertiary alicyclic amines) is 1. The summed E-state index contributed by atoms with van der Waals surface area (Å²) in [7, 11) is 0. The zero-order valence-corrected chi connectivity index (χ0v) is 16.6. The first-order valence-corrected chi connectivity index (χ1v) is 9.71. The highest BCUT2D eigenvalue weighted by Gasteiger charge is 2.35. The van der Waals surface area contributed by atoms with E-state index in [9.17, 15) is 9.90 Å². The van der Waals surface area contributed by atoms with Gasteiger partial charge in [0.15, 0.2) is 0 Å². The van der Waals surface area contributed by atoms with Gasteiger partial charge in [0.2, 0.25) is 0 Å². The molecule has 1 aliphatic rings. The van der Waals surface area contributed by atoms with Gasteiger partial charge in [0, 0.05) is 36.6 Å². The van der Waals surface area contributed by atoms with E-state index in [1.54, 1.807) is 12.5 Å². The number of piperidine rings is 1. The predicted molar refractivity (Wildman–Crippen MR) is 108 cm³/mol. The summed E-state index contributed by atoms with van der Waals surface area (Å²) in [6.07, 6.45) is 6.39. The van der Waals surface area contributed by atoms with Gasteiger partial charge in [-0.3, -0.25) is 9.78 Å². The van der Waals surface area contributed by atoms with Crippen LogP contribution in [0.25, 0.3) is 10.9 Å². The average molecular weight is 378 g/mol. The minimum Gasteiger partial charge on any atom is -0.388 e. The third kappa shape index (κ3) is 3.40. The Labute approximate surface area is 164 Å². The number of carbonyl (C=O) groups is 1. The number of aryl methyl sites for hydroxylation is 2. The Morgan fingerprint density at radius 3 is 2.64 bits per heavy atom. The molecule has 1 aliphatic heterocycles. The molecule has 1 saturated heterocycles. The minimum absolute atomic E-state index is 0.0308. The van der Waals surface area contributed by atoms with Crippen LogP contribution < -0.4 is 0 Å². The first kappa shape index (κ1) is 18.6. The fourth-order valence-corrected chi connectivity index (χ4v) is 4.03. The second-order valence-corrected chi connectivity index (χ2v) is 7.97. The number of aromatic nitrogens is 3. The minimum atomic E-state index is -0.806. The zero-order valence-electron chi connectivity index (χ0n) is 16.6. The van der Waals surface area contributed by atoms with Crippen LogP contribution in [-0.2, 0) is 6.54 Å². The number of rotatable bonds is 3. The molecule has 0 atom stereocenters. The lowest BCUT2D eigenvalue weighted by atomic mass is 9.90. The maximum Gasteiger partial charge on any atom is 0.254 e. The number of aliphatic hydroxyl groups is 1. The Morgan fingerprint density at radius 1 is 1.21 bits per heavy atom. The molecule has 1 aromatic carbocycles. The van der Waals surface area contributed by atoms with Crippen LogP contribution in [0.5, 0.6) is 0 Å². The van der Waals surface area contributed by atoms with Crippen molar-refractivity contribution in [3.05, 3.63) is 59.3 Å². The predicted octanol–water partition coefficient (Wildman–Crippen LogP) is 3.02. The first-order valence-electron chi connectivity index (χ1n) is 9.71. The van der Waals surface area contributed by atoms with E-state index in [-0.39, 0.29) is 5.91 Å². The van der Waals surface area contributed by atoms with Gasteiger partial charge < -0.3 is 14.6 Å². The molecule has 0 spiro atoms. The van der Waals surface area contributed by atoms with Crippen LogP contribution in [-0.4, -0.2) is 49.1 Å². The van der Waals surface area contributed by atoms with Crippen LogP contribution in [0.4, 0.5) is 0 Å². The molecular formula is C22H26N4O2. The molecule has 2 aromatic heterocycles. The zero-order chi connectivity index (χ0) is 19.9. The summed E-state index contributed by atoms with van der Waals surface area (Å²) in [5, 5.41) is 11.8. The molecule has 3 heterocycles. The number of nitrogens with zero attached hydrogens (tertiary/aromatic N) is 4. The summed E-state index contributed by atoms with van der Waals surface area (Å²) >= 11 is 0. The summed E-state index contributed by atoms with van der Waals surface area (Å²) < 4.78 is 1.89. The Kier molecular flexibility index (Phi) is 4.67. The number of amides is 1. The molecule has 4 rings (SSSR count). The van der Waals surface area contributed by atoms with Crippen molar-refractivity contribution in [1.29, 1.82) is 0 Å². The van der Waals surface area contributed by atoms with Gasteiger partial charge in [-0.15, -0.1) is 0 Å². The lowest BCUT2D eigenvalue weighted by Crippen LogP contribution is -2.48. The van der Waals surface area contributed by atoms with Gasteiger partial charge >= 0.3 is 0 Å². The van der Waals surface area contributed by atoms with Crippen molar-refractivity contribution in [3.63, 3.8) is 0 Å². The van der Waals surface area contributed by atoms with E-state index in [4.69, 9.17) is 0 Å². The topological polar surface area (TPSA) is 71.2 Å². The van der Waals surface area contributed by atoms with Gasteiger partial charge in [0.25, 0.3) is 5.91 Å². The molecule has 0 radical (unpaired) electrons. The average Bonchev–Trinajstić information content (AvgIpc) is 3.16. The SMILES string of the molecule is Cc1ccc2nc(C)c(C)c(C(=O)N3CCC(O)(Cn4ccnc4)CC3)c2c1. The normalized spacial score (nSPS) is 16.5. The lowest BCUT2D eigenvalue weighted by molar-refractivity contribution is -0.0292. The van der Waals surface area contributed by atoms with Crippen LogP contribution in [0.3, 0.4) is 0 Å². The van der Waals surface area contributed by atoms with Crippen LogP contribution in [0, 0.1) is 20.8 Å². The van der Waals surface area contributed by atoms with E-state index < -0.39 is 5.60 Å². The molecular weight excluding hydrogens is 352 g/mol. The first-order chi connectivity index (χ1) is 13.4. The summed E-state index contributed by atoms with van der Waals surface area (Å²) in [5.41, 5.74) is 3.71. The number of imidazole rings is 1. The van der Waals surface area contributed by atoms with Gasteiger partial charge in [0.05, 0.1) is 29.6 Å². The van der Waals surface area contributed by atoms with Crippen molar-refractivity contribution in [3.8, 4) is 0 Å². The largest absolute Gasteiger partial charge is 0.388 e. The molecule has 1 fully saturated rings. The van der Waals surface area contributed by atoms with Crippen molar-refractivity contribution in [2.24, 2.45) is 0 Å². The van der Waals surface area contributed by atoms with Crippen LogP contribution >= 0.6 is 0 Å². The molecule has 0 bridgehead atoms. The molecule has 6 nitrogen and oxygen atoms in total. The van der Waals surface area contributed by atoms with E-state index >= 15 is 0 Å². The highest BCUT2D eigenvalue weighted by atomic mass is 16.3. The Morgan fingerprint density at radius 2 is 1.96 bits per heavy atom. The number of benzene rings is 1. The van der Waals surface area contributed by atoms with Gasteiger partial charge in [-0.25, -0.2) is 4.98 Å². The van der Waals surface area contributed by atoms with E-state index in [0.717, 1.165) is 33.3 Å². The molecule has 28 heavy (non-hydrogen) atoms. The highest BCUT2D eigenvalue weighted by molar-refractivity contribution is 6.07. The third-order valence-electron chi connectivity index (χ3n) is 5.86. The number of hydrogen-bond donors (Lipinski definition) is 1. The fourth-order valence-electron chi connectivity index (χ4n) is 4.03. The second kappa shape index (κ2) is 7.02. The quantitative estimate of drug-likeness (QED) is 0.760. The van der Waals surface area contributed by atoms with Gasteiger partial charge in [0.1, 0.15) is 0 Å². The number of pyridine rings is 1. The molecule has 0 saturated carbocycles. The fraction of sp³-hybridized carbons (Fsp3) is 0.409. The Bertz CT molecular complexity index is 1020. The number of hydrogen-bond acceptors (Lipinski definition) is 4. The third-order valence-corrected chi connectivity index (χ3v) is 5.86. The maximum atomic E-state index is 13.4. The van der Waals surface area contributed by atoms with E-state index in [1.165, 1.54) is 0 Å². The maximum absolute atomic E-state index is 13.4. The Balaban J connectivity index is 1.59. The van der Waals surface area contributed by atoms with E-state index in [0.29, 0.717) is 32.5 Å². The van der Waals surface area contributed by atoms with E-state index in [1.807, 2.05) is 54.6 Å². The second-order valence-electron chi connectivity index (χ2n) is 7.97. The molecule has 1 amide bonds. The smallest absolute Gasteiger partial charge is 0.254 e. The van der Waals surface area contributed by atoms with Crippen molar-refractivity contribution in [1.82, 2.24) is 19.4 Å². The molecule has 6 heteroatoms. The van der Waals surface area contributed by atoms with Crippen molar-refractivity contribution >= 4 is 16.8 Å². The summed E-state index contributed by atoms with van der Waals surface area (Å²) in [5.74, 6) is 0.0308. The van der Waals surface area contributed by atoms with Gasteiger partial charge in [-0.2, -0.15) is 0 Å². The monoisotopic (exact) mass is 378 g/mol. The lowest BCUT2D eigenvalue weighted by Gasteiger charge is -2.38. The number of carbonyl (C=O) groups excluding carboxylic acids is 1. The van der Waals surface area contributed by atoms with Crippen LogP contribution in [0.2, 0.25) is 0 Å². The number of fused-ring (bicyclic) bond motifs is 1. The Hall–Kier alpha value is -2.73. The molecule has 0 aliphatic carbocycles. The molecule has 1 N–H and O–H groups in total. The van der Waals surface area contributed by atoms with Gasteiger partial charge in [-0.1, -0.05) is 11.6 Å². The van der Waals surface area contributed by atoms with E-state index in [2.05, 4.69) is 9.97 Å². The van der Waals surface area contributed by atoms with Crippen LogP contribution in [0.15, 0.2) is 36.9 Å². The molecule has 0 unspecified atom stereocenters. The summed E-state index contributed by atoms with van der Waals surface area (Å²) in [6, 6.07) is 6.05. The summed E-state index contributed by atoms with van der Waals surface area (Å²) in [6.45, 7) is 7.53. The summed E-state index contributed by atoms with van der Waals surface area (Å²) in [4.78, 5) is 24.0. The highest BCUT2D eigenvalue weighted by Crippen LogP contribution is 2.29. The molecule has 3 aromatic rings. The van der Waals surface area contributed by atoms with Gasteiger partial charge in [-0.05, 0) is 51.3 Å². The molecule has 146 valence electrons. The van der Waals surface area contributed by atoms with Crippen molar-refractivity contribution in [2.45, 2.75) is 45.8 Å². The van der Waals surface area contributed by atoms with Crippen molar-refractivity contribution < 1.29 is 9.90 Å².